The molecule has 2 atom stereocenters. The summed E-state index contributed by atoms with van der Waals surface area (Å²) in [4.78, 5) is 24.6. The number of hydrogen-bond donors (Lipinski definition) is 3. The van der Waals surface area contributed by atoms with Crippen LogP contribution in [0.1, 0.15) is 386 Å². The summed E-state index contributed by atoms with van der Waals surface area (Å²) in [6, 6.07) is -0.633. The zero-order valence-corrected chi connectivity index (χ0v) is 52.7. The second-order valence-electron chi connectivity index (χ2n) is 24.2. The molecule has 0 heterocycles. The van der Waals surface area contributed by atoms with Crippen LogP contribution in [0.2, 0.25) is 0 Å². The summed E-state index contributed by atoms with van der Waals surface area (Å²) in [5.74, 6) is -0.0998. The van der Waals surface area contributed by atoms with E-state index in [9.17, 15) is 19.8 Å². The second kappa shape index (κ2) is 67.6. The molecule has 78 heavy (non-hydrogen) atoms. The third-order valence-corrected chi connectivity index (χ3v) is 16.4. The van der Waals surface area contributed by atoms with Crippen molar-refractivity contribution in [3.05, 3.63) is 36.5 Å². The van der Waals surface area contributed by atoms with Crippen LogP contribution in [-0.4, -0.2) is 47.4 Å². The fourth-order valence-corrected chi connectivity index (χ4v) is 11.1. The molecular formula is C72H137NO5. The molecule has 0 aliphatic heterocycles. The number of carbonyl (C=O) groups is 2. The Hall–Kier alpha value is -1.92. The summed E-state index contributed by atoms with van der Waals surface area (Å²) in [7, 11) is 0. The van der Waals surface area contributed by atoms with Crippen LogP contribution in [0.4, 0.5) is 0 Å². The summed E-state index contributed by atoms with van der Waals surface area (Å²) in [5.41, 5.74) is 0. The molecule has 6 heteroatoms. The van der Waals surface area contributed by atoms with Gasteiger partial charge < -0.3 is 20.3 Å². The largest absolute Gasteiger partial charge is 0.465 e. The molecule has 3 N–H and O–H groups in total. The zero-order valence-electron chi connectivity index (χ0n) is 52.7. The summed E-state index contributed by atoms with van der Waals surface area (Å²) in [5, 5.41) is 23.3. The summed E-state index contributed by atoms with van der Waals surface area (Å²) < 4.78 is 5.44. The van der Waals surface area contributed by atoms with Gasteiger partial charge in [0.15, 0.2) is 0 Å². The van der Waals surface area contributed by atoms with Crippen LogP contribution in [0.15, 0.2) is 36.5 Å². The number of aliphatic hydroxyl groups excluding tert-OH is 2. The van der Waals surface area contributed by atoms with Gasteiger partial charge >= 0.3 is 5.97 Å². The topological polar surface area (TPSA) is 95.9 Å². The van der Waals surface area contributed by atoms with Crippen molar-refractivity contribution >= 4 is 11.9 Å². The minimum atomic E-state index is -0.850. The van der Waals surface area contributed by atoms with E-state index in [-0.39, 0.29) is 18.5 Å². The number of unbranched alkanes of at least 4 members (excludes halogenated alkanes) is 51. The number of carbonyl (C=O) groups excluding carboxylic acids is 2. The normalized spacial score (nSPS) is 12.7. The molecule has 460 valence electrons. The minimum absolute atomic E-state index is 0.0308. The molecule has 0 radical (unpaired) electrons. The highest BCUT2D eigenvalue weighted by Crippen LogP contribution is 2.19. The molecule has 0 saturated carbocycles. The number of amides is 1. The molecule has 0 aromatic heterocycles. The van der Waals surface area contributed by atoms with E-state index in [1.807, 2.05) is 6.08 Å². The quantitative estimate of drug-likeness (QED) is 0.0320. The molecule has 0 aliphatic carbocycles. The average molecular weight is 1100 g/mol. The Morgan fingerprint density at radius 2 is 0.641 bits per heavy atom. The first kappa shape index (κ1) is 76.1. The van der Waals surface area contributed by atoms with E-state index in [4.69, 9.17) is 4.74 Å². The van der Waals surface area contributed by atoms with Crippen molar-refractivity contribution in [1.82, 2.24) is 5.32 Å². The van der Waals surface area contributed by atoms with Gasteiger partial charge in [-0.25, -0.2) is 0 Å². The predicted molar refractivity (Wildman–Crippen MR) is 343 cm³/mol. The molecule has 2 unspecified atom stereocenters. The van der Waals surface area contributed by atoms with Crippen LogP contribution in [0.5, 0.6) is 0 Å². The maximum atomic E-state index is 12.5. The minimum Gasteiger partial charge on any atom is -0.465 e. The van der Waals surface area contributed by atoms with Crippen molar-refractivity contribution in [3.8, 4) is 0 Å². The van der Waals surface area contributed by atoms with Crippen LogP contribution in [0, 0.1) is 0 Å². The van der Waals surface area contributed by atoms with E-state index in [2.05, 4.69) is 43.5 Å². The number of aliphatic hydroxyl groups is 2. The van der Waals surface area contributed by atoms with Crippen molar-refractivity contribution in [3.63, 3.8) is 0 Å². The Morgan fingerprint density at radius 3 is 0.974 bits per heavy atom. The van der Waals surface area contributed by atoms with Crippen molar-refractivity contribution in [1.29, 1.82) is 0 Å². The number of allylic oxidation sites excluding steroid dienone is 4. The van der Waals surface area contributed by atoms with Crippen molar-refractivity contribution in [2.24, 2.45) is 0 Å². The fourth-order valence-electron chi connectivity index (χ4n) is 11.1. The Bertz CT molecular complexity index is 1260. The molecular weight excluding hydrogens is 959 g/mol. The van der Waals surface area contributed by atoms with Crippen LogP contribution in [0.25, 0.3) is 0 Å². The van der Waals surface area contributed by atoms with Crippen LogP contribution in [0.3, 0.4) is 0 Å². The first-order valence-electron chi connectivity index (χ1n) is 35.3. The predicted octanol–water partition coefficient (Wildman–Crippen LogP) is 22.7. The summed E-state index contributed by atoms with van der Waals surface area (Å²) in [6.45, 7) is 4.84. The first-order valence-corrected chi connectivity index (χ1v) is 35.3. The smallest absolute Gasteiger partial charge is 0.305 e. The highest BCUT2D eigenvalue weighted by Gasteiger charge is 2.18. The Labute approximate surface area is 487 Å². The lowest BCUT2D eigenvalue weighted by Gasteiger charge is -2.20. The van der Waals surface area contributed by atoms with Gasteiger partial charge in [-0.1, -0.05) is 359 Å². The van der Waals surface area contributed by atoms with Crippen LogP contribution < -0.4 is 5.32 Å². The third kappa shape index (κ3) is 63.3. The van der Waals surface area contributed by atoms with Gasteiger partial charge in [-0.05, 0) is 51.4 Å². The number of rotatable bonds is 66. The molecule has 0 aromatic carbocycles. The molecule has 1 amide bonds. The standard InChI is InChI=1S/C72H137NO5/c1-3-5-7-9-11-13-15-17-19-21-23-24-26-29-32-36-40-44-48-52-56-60-64-70(75)69(68-74)73-71(76)65-61-57-53-49-45-41-37-33-30-27-25-28-31-35-39-43-47-51-55-59-63-67-78-72(77)66-62-58-54-50-46-42-38-34-22-20-18-16-14-12-10-8-6-4-2/h43,47,55,59-60,64,69-70,74-75H,3-42,44-46,48-54,56-58,61-63,65-68H2,1-2H3,(H,73,76)/b47-43-,59-55-,64-60+. The van der Waals surface area contributed by atoms with Gasteiger partial charge in [-0.3, -0.25) is 9.59 Å². The van der Waals surface area contributed by atoms with Gasteiger partial charge in [0, 0.05) is 12.8 Å². The van der Waals surface area contributed by atoms with E-state index in [0.717, 1.165) is 51.4 Å². The van der Waals surface area contributed by atoms with E-state index >= 15 is 0 Å². The Kier molecular flexibility index (Phi) is 65.9. The van der Waals surface area contributed by atoms with E-state index in [0.29, 0.717) is 19.4 Å². The van der Waals surface area contributed by atoms with Gasteiger partial charge in [0.1, 0.15) is 0 Å². The number of esters is 1. The van der Waals surface area contributed by atoms with Crippen molar-refractivity contribution in [2.75, 3.05) is 13.2 Å². The SMILES string of the molecule is CCCCCCCCCCCCCCCCCCCCCC/C=C/C(O)C(CO)NC(=O)CCCCCCCCCCCCCCCC/C=C\C/C=C\CCOC(=O)CCCCCCCCCCCCCCCCCCCC. The van der Waals surface area contributed by atoms with Gasteiger partial charge in [-0.2, -0.15) is 0 Å². The van der Waals surface area contributed by atoms with Crippen molar-refractivity contribution in [2.45, 2.75) is 398 Å². The molecule has 0 spiro atoms. The third-order valence-electron chi connectivity index (χ3n) is 16.4. The molecule has 0 aromatic rings. The van der Waals surface area contributed by atoms with Crippen LogP contribution >= 0.6 is 0 Å². The molecule has 0 rings (SSSR count). The lowest BCUT2D eigenvalue weighted by Crippen LogP contribution is -2.45. The van der Waals surface area contributed by atoms with Gasteiger partial charge in [-0.15, -0.1) is 0 Å². The van der Waals surface area contributed by atoms with Gasteiger partial charge in [0.05, 0.1) is 25.4 Å². The van der Waals surface area contributed by atoms with E-state index in [1.54, 1.807) is 6.08 Å². The zero-order chi connectivity index (χ0) is 56.4. The summed E-state index contributed by atoms with van der Waals surface area (Å²) >= 11 is 0. The second-order valence-corrected chi connectivity index (χ2v) is 24.2. The highest BCUT2D eigenvalue weighted by atomic mass is 16.5. The molecule has 0 saturated heterocycles. The first-order chi connectivity index (χ1) is 38.5. The molecule has 0 aliphatic rings. The van der Waals surface area contributed by atoms with Gasteiger partial charge in [0.2, 0.25) is 5.91 Å². The van der Waals surface area contributed by atoms with Crippen LogP contribution in [-0.2, 0) is 14.3 Å². The maximum absolute atomic E-state index is 12.5. The monoisotopic (exact) mass is 1100 g/mol. The number of ether oxygens (including phenoxy) is 1. The average Bonchev–Trinajstić information content (AvgIpc) is 3.44. The Morgan fingerprint density at radius 1 is 0.359 bits per heavy atom. The lowest BCUT2D eigenvalue weighted by molar-refractivity contribution is -0.143. The van der Waals surface area contributed by atoms with Crippen molar-refractivity contribution < 1.29 is 24.5 Å². The highest BCUT2D eigenvalue weighted by molar-refractivity contribution is 5.76. The number of nitrogens with one attached hydrogen (secondary N) is 1. The molecule has 0 fully saturated rings. The lowest BCUT2D eigenvalue weighted by atomic mass is 10.0. The Balaban J connectivity index is 3.46. The number of hydrogen-bond acceptors (Lipinski definition) is 5. The fraction of sp³-hybridized carbons (Fsp3) is 0.889. The molecule has 6 nitrogen and oxygen atoms in total. The molecule has 0 bridgehead atoms. The van der Waals surface area contributed by atoms with E-state index in [1.165, 1.54) is 308 Å². The van der Waals surface area contributed by atoms with E-state index < -0.39 is 12.1 Å². The summed E-state index contributed by atoms with van der Waals surface area (Å²) in [6.07, 6.45) is 86.6. The maximum Gasteiger partial charge on any atom is 0.305 e. The van der Waals surface area contributed by atoms with Gasteiger partial charge in [0.25, 0.3) is 0 Å².